The molecule has 1 aromatic rings. The molecule has 0 aromatic heterocycles. The van der Waals surface area contributed by atoms with Crippen LogP contribution in [0.3, 0.4) is 0 Å². The highest BCUT2D eigenvalue weighted by molar-refractivity contribution is 6.17. The number of nitro benzene ring substituents is 1. The summed E-state index contributed by atoms with van der Waals surface area (Å²) in [6.07, 6.45) is 1.86. The van der Waals surface area contributed by atoms with Crippen molar-refractivity contribution in [2.75, 3.05) is 7.11 Å². The molecular formula is C20H25NO5. The summed E-state index contributed by atoms with van der Waals surface area (Å²) in [6, 6.07) is 4.25. The summed E-state index contributed by atoms with van der Waals surface area (Å²) in [7, 11) is 1.46. The summed E-state index contributed by atoms with van der Waals surface area (Å²) in [6.45, 7) is 10.4. The molecule has 6 nitrogen and oxygen atoms in total. The van der Waals surface area contributed by atoms with Crippen LogP contribution < -0.4 is 4.74 Å². The number of methoxy groups -OCH3 is 1. The van der Waals surface area contributed by atoms with Gasteiger partial charge >= 0.3 is 5.97 Å². The van der Waals surface area contributed by atoms with E-state index in [1.54, 1.807) is 0 Å². The first-order valence-corrected chi connectivity index (χ1v) is 8.89. The average Bonchev–Trinajstić information content (AvgIpc) is 2.61. The zero-order valence-electron chi connectivity index (χ0n) is 15.7. The molecule has 2 bridgehead atoms. The largest absolute Gasteiger partial charge is 0.497 e. The van der Waals surface area contributed by atoms with Crippen molar-refractivity contribution < 1.29 is 19.2 Å². The van der Waals surface area contributed by atoms with Crippen molar-refractivity contribution in [2.45, 2.75) is 39.7 Å². The van der Waals surface area contributed by atoms with Gasteiger partial charge < -0.3 is 9.47 Å². The molecule has 0 heterocycles. The second-order valence-electron chi connectivity index (χ2n) is 8.02. The van der Waals surface area contributed by atoms with Crippen LogP contribution in [-0.2, 0) is 9.53 Å². The van der Waals surface area contributed by atoms with Crippen molar-refractivity contribution in [3.05, 3.63) is 40.5 Å². The van der Waals surface area contributed by atoms with Crippen LogP contribution in [0.4, 0.5) is 5.69 Å². The number of hydrogen-bond donors (Lipinski definition) is 0. The summed E-state index contributed by atoms with van der Waals surface area (Å²) >= 11 is 0. The molecule has 0 spiro atoms. The van der Waals surface area contributed by atoms with Crippen LogP contribution in [0, 0.1) is 33.3 Å². The SMILES string of the molecule is C=C(C(=O)O[C@H]1C[C@H]2C[C@@H]([C@@H]1C)C2(C)C)c1cc(OC)ccc1[N+](=O)[O-]. The molecule has 140 valence electrons. The molecule has 6 heteroatoms. The Bertz CT molecular complexity index is 769. The van der Waals surface area contributed by atoms with Crippen molar-refractivity contribution in [1.29, 1.82) is 0 Å². The zero-order chi connectivity index (χ0) is 19.2. The van der Waals surface area contributed by atoms with E-state index in [1.807, 2.05) is 0 Å². The lowest BCUT2D eigenvalue weighted by Gasteiger charge is -2.61. The second kappa shape index (κ2) is 6.41. The number of nitro groups is 1. The third-order valence-electron chi connectivity index (χ3n) is 6.51. The van der Waals surface area contributed by atoms with E-state index in [9.17, 15) is 14.9 Å². The maximum atomic E-state index is 12.6. The summed E-state index contributed by atoms with van der Waals surface area (Å²) in [5, 5.41) is 11.3. The molecule has 0 amide bonds. The maximum Gasteiger partial charge on any atom is 0.338 e. The molecule has 0 unspecified atom stereocenters. The predicted octanol–water partition coefficient (Wildman–Crippen LogP) is 4.23. The Balaban J connectivity index is 1.77. The predicted molar refractivity (Wildman–Crippen MR) is 97.7 cm³/mol. The molecule has 0 radical (unpaired) electrons. The monoisotopic (exact) mass is 359 g/mol. The molecule has 0 aliphatic heterocycles. The normalized spacial score (nSPS) is 28.6. The van der Waals surface area contributed by atoms with Crippen LogP contribution in [0.25, 0.3) is 5.57 Å². The number of esters is 1. The van der Waals surface area contributed by atoms with Gasteiger partial charge in [0.15, 0.2) is 0 Å². The molecule has 3 aliphatic carbocycles. The number of fused-ring (bicyclic) bond motifs is 2. The maximum absolute atomic E-state index is 12.6. The van der Waals surface area contributed by atoms with Gasteiger partial charge in [-0.15, -0.1) is 0 Å². The first-order valence-electron chi connectivity index (χ1n) is 8.89. The molecular weight excluding hydrogens is 334 g/mol. The first kappa shape index (κ1) is 18.4. The second-order valence-corrected chi connectivity index (χ2v) is 8.02. The van der Waals surface area contributed by atoms with E-state index in [1.165, 1.54) is 31.7 Å². The quantitative estimate of drug-likeness (QED) is 0.340. The van der Waals surface area contributed by atoms with Crippen LogP contribution in [0.1, 0.15) is 39.2 Å². The summed E-state index contributed by atoms with van der Waals surface area (Å²) in [5.74, 6) is 1.19. The van der Waals surface area contributed by atoms with Crippen LogP contribution in [0.2, 0.25) is 0 Å². The molecule has 3 fully saturated rings. The summed E-state index contributed by atoms with van der Waals surface area (Å²) in [4.78, 5) is 23.4. The number of ether oxygens (including phenoxy) is 2. The number of nitrogens with zero attached hydrogens (tertiary/aromatic N) is 1. The Morgan fingerprint density at radius 2 is 2.04 bits per heavy atom. The highest BCUT2D eigenvalue weighted by Crippen LogP contribution is 2.61. The molecule has 0 saturated heterocycles. The fourth-order valence-electron chi connectivity index (χ4n) is 4.62. The van der Waals surface area contributed by atoms with Gasteiger partial charge in [-0.3, -0.25) is 10.1 Å². The minimum absolute atomic E-state index is 0.0127. The molecule has 4 atom stereocenters. The number of benzene rings is 1. The standard InChI is InChI=1S/C20H25NO5/c1-11(15-10-14(25-5)6-7-17(15)21(23)24)19(22)26-18-9-13-8-16(12(18)2)20(13,3)4/h6-7,10,12-13,16,18H,1,8-9H2,2-5H3/t12-,13+,16-,18-/m0/s1. The van der Waals surface area contributed by atoms with Gasteiger partial charge in [0, 0.05) is 6.07 Å². The van der Waals surface area contributed by atoms with E-state index >= 15 is 0 Å². The van der Waals surface area contributed by atoms with E-state index in [0.29, 0.717) is 23.0 Å². The molecule has 0 N–H and O–H groups in total. The smallest absolute Gasteiger partial charge is 0.338 e. The van der Waals surface area contributed by atoms with Crippen LogP contribution in [0.5, 0.6) is 5.75 Å². The van der Waals surface area contributed by atoms with Crippen molar-refractivity contribution in [2.24, 2.45) is 23.2 Å². The zero-order valence-corrected chi connectivity index (χ0v) is 15.7. The topological polar surface area (TPSA) is 78.7 Å². The third-order valence-corrected chi connectivity index (χ3v) is 6.51. The average molecular weight is 359 g/mol. The van der Waals surface area contributed by atoms with Gasteiger partial charge in [-0.2, -0.15) is 0 Å². The van der Waals surface area contributed by atoms with Gasteiger partial charge in [0.1, 0.15) is 11.9 Å². The van der Waals surface area contributed by atoms with E-state index in [-0.39, 0.29) is 28.8 Å². The molecule has 4 rings (SSSR count). The molecule has 26 heavy (non-hydrogen) atoms. The van der Waals surface area contributed by atoms with E-state index < -0.39 is 10.9 Å². The van der Waals surface area contributed by atoms with Crippen molar-refractivity contribution >= 4 is 17.2 Å². The fraction of sp³-hybridized carbons (Fsp3) is 0.550. The Morgan fingerprint density at radius 1 is 1.35 bits per heavy atom. The molecule has 1 aromatic carbocycles. The number of hydrogen-bond acceptors (Lipinski definition) is 5. The van der Waals surface area contributed by atoms with Crippen LogP contribution >= 0.6 is 0 Å². The highest BCUT2D eigenvalue weighted by atomic mass is 16.6. The minimum Gasteiger partial charge on any atom is -0.497 e. The van der Waals surface area contributed by atoms with Crippen molar-refractivity contribution in [3.8, 4) is 5.75 Å². The summed E-state index contributed by atoms with van der Waals surface area (Å²) < 4.78 is 10.8. The van der Waals surface area contributed by atoms with Crippen LogP contribution in [-0.4, -0.2) is 24.1 Å². The van der Waals surface area contributed by atoms with E-state index in [4.69, 9.17) is 9.47 Å². The fourth-order valence-corrected chi connectivity index (χ4v) is 4.62. The Hall–Kier alpha value is -2.37. The first-order chi connectivity index (χ1) is 12.2. The lowest BCUT2D eigenvalue weighted by atomic mass is 9.45. The van der Waals surface area contributed by atoms with Gasteiger partial charge in [-0.1, -0.05) is 27.4 Å². The van der Waals surface area contributed by atoms with Gasteiger partial charge in [0.05, 0.1) is 23.2 Å². The number of carbonyl (C=O) groups is 1. The van der Waals surface area contributed by atoms with Gasteiger partial charge in [-0.25, -0.2) is 4.79 Å². The Morgan fingerprint density at radius 3 is 2.58 bits per heavy atom. The lowest BCUT2D eigenvalue weighted by Crippen LogP contribution is -2.57. The third kappa shape index (κ3) is 2.87. The van der Waals surface area contributed by atoms with Gasteiger partial charge in [0.25, 0.3) is 5.69 Å². The van der Waals surface area contributed by atoms with Crippen molar-refractivity contribution in [3.63, 3.8) is 0 Å². The minimum atomic E-state index is -0.600. The Labute approximate surface area is 153 Å². The van der Waals surface area contributed by atoms with Gasteiger partial charge in [-0.05, 0) is 48.1 Å². The number of rotatable bonds is 5. The van der Waals surface area contributed by atoms with Crippen molar-refractivity contribution in [1.82, 2.24) is 0 Å². The van der Waals surface area contributed by atoms with E-state index in [2.05, 4.69) is 27.4 Å². The highest BCUT2D eigenvalue weighted by Gasteiger charge is 2.57. The lowest BCUT2D eigenvalue weighted by molar-refractivity contribution is -0.385. The molecule has 3 aliphatic rings. The Kier molecular flexibility index (Phi) is 4.54. The summed E-state index contributed by atoms with van der Waals surface area (Å²) in [5.41, 5.74) is 0.230. The van der Waals surface area contributed by atoms with Gasteiger partial charge in [0.2, 0.25) is 0 Å². The van der Waals surface area contributed by atoms with E-state index in [0.717, 1.165) is 6.42 Å². The van der Waals surface area contributed by atoms with Crippen LogP contribution in [0.15, 0.2) is 24.8 Å². The molecule has 3 saturated carbocycles. The number of carbonyl (C=O) groups excluding carboxylic acids is 1.